The molecule has 0 aliphatic rings. The molecule has 2 aromatic rings. The Hall–Kier alpha value is -2.10. The van der Waals surface area contributed by atoms with Gasteiger partial charge in [-0.2, -0.15) is 0 Å². The molecule has 1 atom stereocenters. The Balaban J connectivity index is 1.93. The smallest absolute Gasteiger partial charge is 0.406 e. The summed E-state index contributed by atoms with van der Waals surface area (Å²) in [5.41, 5.74) is 0.662. The number of hydrogen-bond donors (Lipinski definition) is 2. The van der Waals surface area contributed by atoms with E-state index in [1.54, 1.807) is 30.3 Å². The summed E-state index contributed by atoms with van der Waals surface area (Å²) in [6, 6.07) is 12.6. The maximum absolute atomic E-state index is 12.1. The highest BCUT2D eigenvalue weighted by molar-refractivity contribution is 7.89. The minimum Gasteiger partial charge on any atom is -0.406 e. The molecule has 2 N–H and O–H groups in total. The number of ether oxygens (including phenoxy) is 1. The van der Waals surface area contributed by atoms with Gasteiger partial charge in [0.05, 0.1) is 11.0 Å². The van der Waals surface area contributed by atoms with E-state index in [4.69, 9.17) is 0 Å². The zero-order valence-electron chi connectivity index (χ0n) is 12.9. The number of rotatable bonds is 7. The summed E-state index contributed by atoms with van der Waals surface area (Å²) < 4.78 is 66.4. The van der Waals surface area contributed by atoms with Gasteiger partial charge in [0.1, 0.15) is 5.75 Å². The van der Waals surface area contributed by atoms with Crippen molar-refractivity contribution in [1.82, 2.24) is 4.72 Å². The van der Waals surface area contributed by atoms with Crippen LogP contribution in [0.2, 0.25) is 0 Å². The van der Waals surface area contributed by atoms with Crippen LogP contribution in [0.4, 0.5) is 13.2 Å². The van der Waals surface area contributed by atoms with Crippen LogP contribution in [0.25, 0.3) is 0 Å². The van der Waals surface area contributed by atoms with E-state index in [0.29, 0.717) is 5.56 Å². The molecule has 9 heteroatoms. The normalized spacial score (nSPS) is 13.4. The SMILES string of the molecule is O=S(=O)(NCC[C@@H](O)c1ccccc1)c1ccc(OC(F)(F)F)cc1. The van der Waals surface area contributed by atoms with Crippen LogP contribution in [0.3, 0.4) is 0 Å². The summed E-state index contributed by atoms with van der Waals surface area (Å²) in [5.74, 6) is -0.508. The zero-order chi connectivity index (χ0) is 18.5. The molecule has 0 aliphatic carbocycles. The highest BCUT2D eigenvalue weighted by atomic mass is 32.2. The monoisotopic (exact) mass is 375 g/mol. The molecule has 0 radical (unpaired) electrons. The van der Waals surface area contributed by atoms with Crippen molar-refractivity contribution in [3.8, 4) is 5.75 Å². The number of aliphatic hydroxyl groups is 1. The summed E-state index contributed by atoms with van der Waals surface area (Å²) in [4.78, 5) is -0.198. The fourth-order valence-electron chi connectivity index (χ4n) is 2.08. The van der Waals surface area contributed by atoms with Crippen LogP contribution in [-0.4, -0.2) is 26.4 Å². The first-order valence-electron chi connectivity index (χ1n) is 7.26. The van der Waals surface area contributed by atoms with Crippen molar-refractivity contribution < 1.29 is 31.4 Å². The van der Waals surface area contributed by atoms with Crippen LogP contribution < -0.4 is 9.46 Å². The van der Waals surface area contributed by atoms with Gasteiger partial charge in [0.25, 0.3) is 0 Å². The van der Waals surface area contributed by atoms with Crippen LogP contribution in [0, 0.1) is 0 Å². The Bertz CT molecular complexity index is 777. The van der Waals surface area contributed by atoms with Crippen LogP contribution in [0.5, 0.6) is 5.75 Å². The molecule has 2 rings (SSSR count). The van der Waals surface area contributed by atoms with E-state index in [-0.39, 0.29) is 17.9 Å². The van der Waals surface area contributed by atoms with Gasteiger partial charge in [0.15, 0.2) is 0 Å². The Kier molecular flexibility index (Phi) is 6.04. The molecule has 0 saturated carbocycles. The van der Waals surface area contributed by atoms with E-state index in [9.17, 15) is 26.7 Å². The first kappa shape index (κ1) is 19.2. The summed E-state index contributed by atoms with van der Waals surface area (Å²) in [6.07, 6.45) is -5.52. The van der Waals surface area contributed by atoms with Gasteiger partial charge < -0.3 is 9.84 Å². The molecular weight excluding hydrogens is 359 g/mol. The van der Waals surface area contributed by atoms with Crippen LogP contribution in [0.1, 0.15) is 18.1 Å². The summed E-state index contributed by atoms with van der Waals surface area (Å²) >= 11 is 0. The van der Waals surface area contributed by atoms with Crippen molar-refractivity contribution in [2.75, 3.05) is 6.54 Å². The van der Waals surface area contributed by atoms with Gasteiger partial charge >= 0.3 is 6.36 Å². The van der Waals surface area contributed by atoms with Gasteiger partial charge in [0, 0.05) is 6.54 Å². The van der Waals surface area contributed by atoms with E-state index in [1.807, 2.05) is 0 Å². The third kappa shape index (κ3) is 6.04. The van der Waals surface area contributed by atoms with Gasteiger partial charge in [-0.15, -0.1) is 13.2 Å². The van der Waals surface area contributed by atoms with Gasteiger partial charge in [0.2, 0.25) is 10.0 Å². The second-order valence-electron chi connectivity index (χ2n) is 5.13. The number of halogens is 3. The van der Waals surface area contributed by atoms with Gasteiger partial charge in [-0.3, -0.25) is 0 Å². The third-order valence-electron chi connectivity index (χ3n) is 3.26. The van der Waals surface area contributed by atoms with Crippen molar-refractivity contribution in [1.29, 1.82) is 0 Å². The predicted molar refractivity (Wildman–Crippen MR) is 84.3 cm³/mol. The van der Waals surface area contributed by atoms with Crippen LogP contribution in [-0.2, 0) is 10.0 Å². The molecule has 0 fully saturated rings. The second-order valence-corrected chi connectivity index (χ2v) is 6.90. The Morgan fingerprint density at radius 3 is 2.20 bits per heavy atom. The van der Waals surface area contributed by atoms with Crippen LogP contribution in [0.15, 0.2) is 59.5 Å². The number of alkyl halides is 3. The molecule has 0 heterocycles. The lowest BCUT2D eigenvalue weighted by Crippen LogP contribution is -2.26. The Morgan fingerprint density at radius 2 is 1.64 bits per heavy atom. The highest BCUT2D eigenvalue weighted by Crippen LogP contribution is 2.24. The number of aliphatic hydroxyl groups excluding tert-OH is 1. The molecule has 0 saturated heterocycles. The van der Waals surface area contributed by atoms with Crippen molar-refractivity contribution in [2.24, 2.45) is 0 Å². The van der Waals surface area contributed by atoms with E-state index < -0.39 is 28.2 Å². The lowest BCUT2D eigenvalue weighted by molar-refractivity contribution is -0.274. The van der Waals surface area contributed by atoms with E-state index >= 15 is 0 Å². The fraction of sp³-hybridized carbons (Fsp3) is 0.250. The quantitative estimate of drug-likeness (QED) is 0.780. The molecule has 0 aliphatic heterocycles. The number of sulfonamides is 1. The largest absolute Gasteiger partial charge is 0.573 e. The van der Waals surface area contributed by atoms with Crippen molar-refractivity contribution >= 4 is 10.0 Å². The topological polar surface area (TPSA) is 75.6 Å². The molecule has 136 valence electrons. The highest BCUT2D eigenvalue weighted by Gasteiger charge is 2.31. The van der Waals surface area contributed by atoms with Crippen molar-refractivity contribution in [2.45, 2.75) is 23.8 Å². The Labute approximate surface area is 143 Å². The molecule has 25 heavy (non-hydrogen) atoms. The number of nitrogens with one attached hydrogen (secondary N) is 1. The molecule has 2 aromatic carbocycles. The van der Waals surface area contributed by atoms with E-state index in [0.717, 1.165) is 24.3 Å². The molecule has 5 nitrogen and oxygen atoms in total. The van der Waals surface area contributed by atoms with Gasteiger partial charge in [-0.25, -0.2) is 13.1 Å². The summed E-state index contributed by atoms with van der Waals surface area (Å²) in [5, 5.41) is 9.97. The lowest BCUT2D eigenvalue weighted by atomic mass is 10.1. The summed E-state index contributed by atoms with van der Waals surface area (Å²) in [6.45, 7) is -0.0286. The average Bonchev–Trinajstić information content (AvgIpc) is 2.54. The predicted octanol–water partition coefficient (Wildman–Crippen LogP) is 2.99. The molecule has 0 aromatic heterocycles. The van der Waals surface area contributed by atoms with Gasteiger partial charge in [-0.05, 0) is 36.2 Å². The lowest BCUT2D eigenvalue weighted by Gasteiger charge is -2.12. The molecule has 0 bridgehead atoms. The first-order valence-corrected chi connectivity index (χ1v) is 8.74. The zero-order valence-corrected chi connectivity index (χ0v) is 13.7. The van der Waals surface area contributed by atoms with E-state index in [1.165, 1.54) is 0 Å². The molecule has 0 amide bonds. The standard InChI is InChI=1S/C16H16F3NO4S/c17-16(18,19)24-13-6-8-14(9-7-13)25(22,23)20-11-10-15(21)12-4-2-1-3-5-12/h1-9,15,20-21H,10-11H2/t15-/m1/s1. The van der Waals surface area contributed by atoms with Crippen LogP contribution >= 0.6 is 0 Å². The maximum atomic E-state index is 12.1. The third-order valence-corrected chi connectivity index (χ3v) is 4.74. The van der Waals surface area contributed by atoms with Crippen molar-refractivity contribution in [3.63, 3.8) is 0 Å². The molecule has 0 spiro atoms. The van der Waals surface area contributed by atoms with E-state index in [2.05, 4.69) is 9.46 Å². The average molecular weight is 375 g/mol. The Morgan fingerprint density at radius 1 is 1.04 bits per heavy atom. The number of hydrogen-bond acceptors (Lipinski definition) is 4. The minimum absolute atomic E-state index is 0.0286. The van der Waals surface area contributed by atoms with Gasteiger partial charge in [-0.1, -0.05) is 30.3 Å². The first-order chi connectivity index (χ1) is 11.7. The minimum atomic E-state index is -4.84. The van der Waals surface area contributed by atoms with Crippen molar-refractivity contribution in [3.05, 3.63) is 60.2 Å². The maximum Gasteiger partial charge on any atom is 0.573 e. The summed E-state index contributed by atoms with van der Waals surface area (Å²) in [7, 11) is -3.90. The second kappa shape index (κ2) is 7.85. The molecular formula is C16H16F3NO4S. The fourth-order valence-corrected chi connectivity index (χ4v) is 3.12. The number of benzene rings is 2. The molecule has 0 unspecified atom stereocenters.